The van der Waals surface area contributed by atoms with E-state index in [1.54, 1.807) is 102 Å². The molecule has 29 nitrogen and oxygen atoms in total. The van der Waals surface area contributed by atoms with Crippen molar-refractivity contribution in [3.63, 3.8) is 0 Å². The molecule has 0 saturated carbocycles. The number of aliphatic imine (C=N–C) groups is 1. The van der Waals surface area contributed by atoms with Gasteiger partial charge < -0.3 is 95.3 Å². The zero-order chi connectivity index (χ0) is 62.7. The molecule has 29 heteroatoms. The third kappa shape index (κ3) is 24.6. The third-order valence-corrected chi connectivity index (χ3v) is 13.0. The van der Waals surface area contributed by atoms with Gasteiger partial charge in [-0.25, -0.2) is 9.59 Å². The first-order chi connectivity index (χ1) is 39.0. The van der Waals surface area contributed by atoms with Crippen molar-refractivity contribution in [3.8, 4) is 0 Å². The highest BCUT2D eigenvalue weighted by atomic mass is 16.5. The first kappa shape index (κ1) is 71.1. The summed E-state index contributed by atoms with van der Waals surface area (Å²) in [4.78, 5) is 139. The molecule has 0 bridgehead atoms. The van der Waals surface area contributed by atoms with Crippen LogP contribution >= 0.6 is 0 Å². The summed E-state index contributed by atoms with van der Waals surface area (Å²) in [7, 11) is 0. The summed E-state index contributed by atoms with van der Waals surface area (Å²) in [5, 5.41) is 72.2. The van der Waals surface area contributed by atoms with Gasteiger partial charge in [0.2, 0.25) is 47.3 Å². The molecule has 83 heavy (non-hydrogen) atoms. The van der Waals surface area contributed by atoms with E-state index in [1.807, 2.05) is 5.32 Å². The maximum Gasteiger partial charge on any atom is 0.408 e. The molecule has 0 aliphatic carbocycles. The van der Waals surface area contributed by atoms with Crippen LogP contribution in [-0.2, 0) is 54.5 Å². The van der Waals surface area contributed by atoms with Crippen molar-refractivity contribution in [2.75, 3.05) is 19.7 Å². The Labute approximate surface area is 481 Å². The highest BCUT2D eigenvalue weighted by Gasteiger charge is 2.39. The largest absolute Gasteiger partial charge is 0.480 e. The number of guanidine groups is 1. The van der Waals surface area contributed by atoms with Crippen LogP contribution in [0, 0.1) is 17.8 Å². The average Bonchev–Trinajstić information content (AvgIpc) is 3.52. The minimum atomic E-state index is -1.77. The fraction of sp³-hybridized carbons (Fsp3) is 0.574. The number of carboxylic acids is 1. The number of carboxylic acid groups (broad SMARTS) is 1. The van der Waals surface area contributed by atoms with Crippen molar-refractivity contribution < 1.29 is 78.2 Å². The van der Waals surface area contributed by atoms with Crippen LogP contribution in [-0.4, -0.2) is 177 Å². The van der Waals surface area contributed by atoms with Crippen LogP contribution in [0.5, 0.6) is 0 Å². The Hall–Kier alpha value is -7.99. The van der Waals surface area contributed by atoms with Gasteiger partial charge in [0, 0.05) is 6.54 Å². The van der Waals surface area contributed by atoms with Gasteiger partial charge in [-0.05, 0) is 62.0 Å². The Morgan fingerprint density at radius 3 is 1.61 bits per heavy atom. The standard InChI is InChI=1S/C54H85N13O16/c1-9-29(6)39(48(76)65-40(30(7)69)47(75)59-24-37(71)63-41(31(8)70)49(77)62-36(25-68)52(80)81)64-45(73)34(21-16-22-58-53(56)57)60-46(74)35(23-27(2)3)61-51(79)43(44(72)28(4)5)66-50(78)42(38(55)33-19-14-11-15-20-33)67-54(82)83-26-32-17-12-10-13-18-32/h10-15,17-20,27-31,34-36,38-44,68-70,72H,9,16,21-26,55H2,1-8H3,(H,59,75)(H,60,74)(H,61,79)(H,62,77)(H,63,71)(H,64,73)(H,65,76)(H,66,78)(H,67,82)(H,80,81)(H4,56,57,58)/t29-,30-,31-,34+,35-,36-,38+,39-,40-,41-,42-,43-,44+/m0/s1. The van der Waals surface area contributed by atoms with Crippen LogP contribution in [0.1, 0.15) is 98.2 Å². The summed E-state index contributed by atoms with van der Waals surface area (Å²) >= 11 is 0. The molecule has 9 amide bonds. The van der Waals surface area contributed by atoms with Crippen molar-refractivity contribution in [2.45, 2.75) is 160 Å². The number of nitrogens with two attached hydrogens (primary N) is 3. The third-order valence-electron chi connectivity index (χ3n) is 13.0. The predicted molar refractivity (Wildman–Crippen MR) is 301 cm³/mol. The summed E-state index contributed by atoms with van der Waals surface area (Å²) < 4.78 is 5.38. The second-order valence-electron chi connectivity index (χ2n) is 20.7. The van der Waals surface area contributed by atoms with Gasteiger partial charge in [-0.3, -0.25) is 43.3 Å². The lowest BCUT2D eigenvalue weighted by molar-refractivity contribution is -0.144. The normalized spacial score (nSPS) is 15.9. The van der Waals surface area contributed by atoms with Crippen molar-refractivity contribution in [1.82, 2.24) is 47.9 Å². The minimum Gasteiger partial charge on any atom is -0.480 e. The van der Waals surface area contributed by atoms with Gasteiger partial charge in [0.15, 0.2) is 5.96 Å². The van der Waals surface area contributed by atoms with E-state index in [9.17, 15) is 68.4 Å². The van der Waals surface area contributed by atoms with E-state index in [2.05, 4.69) is 47.5 Å². The molecule has 0 heterocycles. The first-order valence-electron chi connectivity index (χ1n) is 27.1. The van der Waals surface area contributed by atoms with Gasteiger partial charge in [-0.15, -0.1) is 0 Å². The smallest absolute Gasteiger partial charge is 0.408 e. The van der Waals surface area contributed by atoms with E-state index < -0.39 is 157 Å². The number of hydrogen-bond acceptors (Lipinski definition) is 17. The van der Waals surface area contributed by atoms with E-state index >= 15 is 0 Å². The van der Waals surface area contributed by atoms with Crippen molar-refractivity contribution in [3.05, 3.63) is 71.8 Å². The topological polar surface area (TPSA) is 480 Å². The van der Waals surface area contributed by atoms with E-state index in [0.29, 0.717) is 11.1 Å². The number of aliphatic hydroxyl groups is 4. The zero-order valence-corrected chi connectivity index (χ0v) is 48.0. The highest BCUT2D eigenvalue weighted by Crippen LogP contribution is 2.18. The summed E-state index contributed by atoms with van der Waals surface area (Å²) in [5.41, 5.74) is 18.7. The van der Waals surface area contributed by atoms with Gasteiger partial charge in [0.1, 0.15) is 54.9 Å². The van der Waals surface area contributed by atoms with Crippen molar-refractivity contribution in [1.29, 1.82) is 0 Å². The molecule has 0 radical (unpaired) electrons. The van der Waals surface area contributed by atoms with Crippen LogP contribution in [0.2, 0.25) is 0 Å². The van der Waals surface area contributed by atoms with Gasteiger partial charge >= 0.3 is 12.1 Å². The molecule has 0 aromatic heterocycles. The fourth-order valence-corrected chi connectivity index (χ4v) is 7.98. The number of carbonyl (C=O) groups excluding carboxylic acids is 9. The Morgan fingerprint density at radius 2 is 1.08 bits per heavy atom. The minimum absolute atomic E-state index is 0.0165. The van der Waals surface area contributed by atoms with E-state index in [1.165, 1.54) is 0 Å². The van der Waals surface area contributed by atoms with Gasteiger partial charge in [-0.2, -0.15) is 0 Å². The quantitative estimate of drug-likeness (QED) is 0.0181. The van der Waals surface area contributed by atoms with Crippen LogP contribution in [0.15, 0.2) is 65.7 Å². The summed E-state index contributed by atoms with van der Waals surface area (Å²) in [6, 6.07) is 2.84. The molecule has 2 aromatic rings. The number of aliphatic hydroxyl groups excluding tert-OH is 4. The zero-order valence-electron chi connectivity index (χ0n) is 48.0. The number of benzene rings is 2. The number of carbonyl (C=O) groups is 10. The lowest BCUT2D eigenvalue weighted by Crippen LogP contribution is -2.63. The number of nitrogens with zero attached hydrogens (tertiary/aromatic N) is 1. The molecule has 0 fully saturated rings. The average molecular weight is 1170 g/mol. The van der Waals surface area contributed by atoms with Gasteiger partial charge in [-0.1, -0.05) is 109 Å². The van der Waals surface area contributed by atoms with Gasteiger partial charge in [0.05, 0.1) is 37.5 Å². The number of rotatable bonds is 35. The fourth-order valence-electron chi connectivity index (χ4n) is 7.98. The first-order valence-corrected chi connectivity index (χ1v) is 27.1. The molecule has 0 aliphatic heterocycles. The molecule has 0 spiro atoms. The number of aliphatic carboxylic acids is 1. The SMILES string of the molecule is CC[C@H](C)[C@H](NC(=O)[C@@H](CCCN=C(N)N)NC(=O)[C@H](CC(C)C)NC(=O)[C@@H](NC(=O)[C@@H](NC(=O)OCc1ccccc1)[C@H](N)c1ccccc1)[C@H](O)C(C)C)C(=O)N[C@H](C(=O)NCC(=O)N[C@H](C(=O)N[C@@H](CO)C(=O)O)[C@H](C)O)[C@H](C)O. The Bertz CT molecular complexity index is 2480. The Balaban J connectivity index is 2.43. The molecule has 13 atom stereocenters. The number of hydrogen-bond donors (Lipinski definition) is 17. The van der Waals surface area contributed by atoms with E-state index in [0.717, 1.165) is 13.8 Å². The molecule has 2 aromatic carbocycles. The Kier molecular flexibility index (Phi) is 30.7. The number of amides is 9. The van der Waals surface area contributed by atoms with E-state index in [4.69, 9.17) is 27.0 Å². The maximum absolute atomic E-state index is 14.4. The second kappa shape index (κ2) is 35.8. The summed E-state index contributed by atoms with van der Waals surface area (Å²) in [5.74, 6) is -11.7. The number of alkyl carbamates (subject to hydrolysis) is 1. The monoisotopic (exact) mass is 1170 g/mol. The molecule has 2 rings (SSSR count). The molecular formula is C54H85N13O16. The van der Waals surface area contributed by atoms with Crippen LogP contribution in [0.4, 0.5) is 4.79 Å². The molecule has 0 aliphatic rings. The van der Waals surface area contributed by atoms with E-state index in [-0.39, 0.29) is 50.7 Å². The highest BCUT2D eigenvalue weighted by molar-refractivity contribution is 5.98. The molecule has 0 saturated heterocycles. The van der Waals surface area contributed by atoms with Crippen LogP contribution in [0.25, 0.3) is 0 Å². The molecular weight excluding hydrogens is 1090 g/mol. The summed E-state index contributed by atoms with van der Waals surface area (Å²) in [6.07, 6.45) is -5.68. The summed E-state index contributed by atoms with van der Waals surface area (Å²) in [6.45, 7) is 10.1. The van der Waals surface area contributed by atoms with Crippen molar-refractivity contribution >= 4 is 65.3 Å². The second-order valence-corrected chi connectivity index (χ2v) is 20.7. The molecule has 20 N–H and O–H groups in total. The van der Waals surface area contributed by atoms with Crippen LogP contribution in [0.3, 0.4) is 0 Å². The van der Waals surface area contributed by atoms with Crippen LogP contribution < -0.4 is 65.1 Å². The molecule has 0 unspecified atom stereocenters. The maximum atomic E-state index is 14.4. The lowest BCUT2D eigenvalue weighted by atomic mass is 9.95. The van der Waals surface area contributed by atoms with Crippen molar-refractivity contribution in [2.24, 2.45) is 39.9 Å². The van der Waals surface area contributed by atoms with Gasteiger partial charge in [0.25, 0.3) is 0 Å². The lowest BCUT2D eigenvalue weighted by Gasteiger charge is -2.32. The predicted octanol–water partition coefficient (Wildman–Crippen LogP) is -3.51. The Morgan fingerprint density at radius 1 is 0.590 bits per heavy atom. The molecule has 462 valence electrons. The number of ether oxygens (including phenoxy) is 1. The number of nitrogens with one attached hydrogen (secondary N) is 9.